The Morgan fingerprint density at radius 1 is 1.20 bits per heavy atom. The van der Waals surface area contributed by atoms with Crippen molar-refractivity contribution in [3.05, 3.63) is 45.2 Å². The van der Waals surface area contributed by atoms with Crippen LogP contribution in [-0.4, -0.2) is 4.98 Å². The van der Waals surface area contributed by atoms with E-state index in [1.165, 1.54) is 5.56 Å². The first kappa shape index (κ1) is 9.97. The van der Waals surface area contributed by atoms with Crippen molar-refractivity contribution in [2.24, 2.45) is 0 Å². The maximum Gasteiger partial charge on any atom is 0.189 e. The van der Waals surface area contributed by atoms with Crippen molar-refractivity contribution < 1.29 is 0 Å². The number of aromatic amines is 1. The van der Waals surface area contributed by atoms with Crippen LogP contribution in [0.3, 0.4) is 0 Å². The molecule has 0 amide bonds. The zero-order valence-corrected chi connectivity index (χ0v) is 9.35. The first-order valence-corrected chi connectivity index (χ1v) is 5.25. The molecule has 78 valence electrons. The summed E-state index contributed by atoms with van der Waals surface area (Å²) in [7, 11) is 0. The molecule has 0 aliphatic heterocycles. The Morgan fingerprint density at radius 3 is 2.60 bits per heavy atom. The van der Waals surface area contributed by atoms with Crippen molar-refractivity contribution in [3.63, 3.8) is 0 Å². The van der Waals surface area contributed by atoms with Gasteiger partial charge >= 0.3 is 0 Å². The lowest BCUT2D eigenvalue weighted by molar-refractivity contribution is 1.05. The molecule has 1 aromatic carbocycles. The minimum atomic E-state index is 0.123. The Balaban J connectivity index is 2.91. The molecule has 1 heterocycles. The summed E-state index contributed by atoms with van der Waals surface area (Å²) < 4.78 is 0. The molecule has 0 fully saturated rings. The van der Waals surface area contributed by atoms with Gasteiger partial charge in [0.15, 0.2) is 5.43 Å². The van der Waals surface area contributed by atoms with Gasteiger partial charge < -0.3 is 4.98 Å². The lowest BCUT2D eigenvalue weighted by Crippen LogP contribution is -2.06. The first-order chi connectivity index (χ1) is 7.11. The Labute approximate surface area is 89.0 Å². The number of hydrogen-bond donors (Lipinski definition) is 1. The summed E-state index contributed by atoms with van der Waals surface area (Å²) in [6.07, 6.45) is 0.859. The van der Waals surface area contributed by atoms with Crippen LogP contribution in [0.1, 0.15) is 23.7 Å². The topological polar surface area (TPSA) is 32.9 Å². The number of rotatable bonds is 1. The SMILES string of the molecule is CCc1cc(=O)c2c(C)cc(C)cc2[nH]1. The minimum Gasteiger partial charge on any atom is -0.358 e. The van der Waals surface area contributed by atoms with Crippen LogP contribution >= 0.6 is 0 Å². The summed E-state index contributed by atoms with van der Waals surface area (Å²) in [6, 6.07) is 5.77. The number of H-pyrrole nitrogens is 1. The van der Waals surface area contributed by atoms with Gasteiger partial charge in [0.05, 0.1) is 0 Å². The molecule has 2 rings (SSSR count). The minimum absolute atomic E-state index is 0.123. The third-order valence-corrected chi connectivity index (χ3v) is 2.71. The average Bonchev–Trinajstić information content (AvgIpc) is 2.15. The van der Waals surface area contributed by atoms with Crippen molar-refractivity contribution in [2.75, 3.05) is 0 Å². The number of hydrogen-bond acceptors (Lipinski definition) is 1. The standard InChI is InChI=1S/C13H15NO/c1-4-10-7-12(15)13-9(3)5-8(2)6-11(13)14-10/h5-7H,4H2,1-3H3,(H,14,15). The van der Waals surface area contributed by atoms with E-state index in [0.717, 1.165) is 28.6 Å². The van der Waals surface area contributed by atoms with Crippen LogP contribution in [0.4, 0.5) is 0 Å². The van der Waals surface area contributed by atoms with Crippen molar-refractivity contribution in [3.8, 4) is 0 Å². The second-order valence-corrected chi connectivity index (χ2v) is 4.02. The summed E-state index contributed by atoms with van der Waals surface area (Å²) in [4.78, 5) is 15.2. The maximum atomic E-state index is 11.9. The van der Waals surface area contributed by atoms with Gasteiger partial charge in [-0.25, -0.2) is 0 Å². The van der Waals surface area contributed by atoms with Crippen LogP contribution in [0.2, 0.25) is 0 Å². The van der Waals surface area contributed by atoms with E-state index in [4.69, 9.17) is 0 Å². The third kappa shape index (κ3) is 1.67. The molecular weight excluding hydrogens is 186 g/mol. The normalized spacial score (nSPS) is 10.9. The second-order valence-electron chi connectivity index (χ2n) is 4.02. The van der Waals surface area contributed by atoms with E-state index in [9.17, 15) is 4.79 Å². The molecule has 2 aromatic rings. The van der Waals surface area contributed by atoms with Gasteiger partial charge in [-0.05, 0) is 37.5 Å². The van der Waals surface area contributed by atoms with Gasteiger partial charge in [-0.1, -0.05) is 13.0 Å². The van der Waals surface area contributed by atoms with E-state index in [-0.39, 0.29) is 5.43 Å². The van der Waals surface area contributed by atoms with Gasteiger partial charge in [-0.15, -0.1) is 0 Å². The maximum absolute atomic E-state index is 11.9. The van der Waals surface area contributed by atoms with Crippen LogP contribution in [0.25, 0.3) is 10.9 Å². The molecule has 0 spiro atoms. The van der Waals surface area contributed by atoms with Crippen LogP contribution in [0, 0.1) is 13.8 Å². The molecule has 0 unspecified atom stereocenters. The molecule has 0 saturated carbocycles. The monoisotopic (exact) mass is 201 g/mol. The van der Waals surface area contributed by atoms with Gasteiger partial charge in [-0.3, -0.25) is 4.79 Å². The highest BCUT2D eigenvalue weighted by molar-refractivity contribution is 5.82. The Hall–Kier alpha value is -1.57. The highest BCUT2D eigenvalue weighted by Crippen LogP contribution is 2.15. The molecule has 2 nitrogen and oxygen atoms in total. The molecule has 0 atom stereocenters. The molecule has 0 radical (unpaired) electrons. The molecule has 0 saturated heterocycles. The fourth-order valence-corrected chi connectivity index (χ4v) is 2.02. The molecule has 15 heavy (non-hydrogen) atoms. The zero-order chi connectivity index (χ0) is 11.0. The molecule has 2 heteroatoms. The number of fused-ring (bicyclic) bond motifs is 1. The molecule has 0 aliphatic rings. The molecule has 1 aromatic heterocycles. The van der Waals surface area contributed by atoms with E-state index in [2.05, 4.69) is 4.98 Å². The fraction of sp³-hybridized carbons (Fsp3) is 0.308. The highest BCUT2D eigenvalue weighted by Gasteiger charge is 2.04. The van der Waals surface area contributed by atoms with Crippen LogP contribution in [-0.2, 0) is 6.42 Å². The van der Waals surface area contributed by atoms with E-state index in [0.29, 0.717) is 0 Å². The van der Waals surface area contributed by atoms with Gasteiger partial charge in [0, 0.05) is 22.7 Å². The van der Waals surface area contributed by atoms with Crippen LogP contribution in [0.15, 0.2) is 23.0 Å². The van der Waals surface area contributed by atoms with E-state index in [1.54, 1.807) is 6.07 Å². The summed E-state index contributed by atoms with van der Waals surface area (Å²) >= 11 is 0. The van der Waals surface area contributed by atoms with Gasteiger partial charge in [0.2, 0.25) is 0 Å². The fourth-order valence-electron chi connectivity index (χ4n) is 2.02. The van der Waals surface area contributed by atoms with Crippen molar-refractivity contribution >= 4 is 10.9 Å². The highest BCUT2D eigenvalue weighted by atomic mass is 16.1. The van der Waals surface area contributed by atoms with Crippen molar-refractivity contribution in [2.45, 2.75) is 27.2 Å². The van der Waals surface area contributed by atoms with Gasteiger partial charge in [0.25, 0.3) is 0 Å². The summed E-state index contributed by atoms with van der Waals surface area (Å²) in [5.74, 6) is 0. The number of aromatic nitrogens is 1. The Morgan fingerprint density at radius 2 is 1.93 bits per heavy atom. The molecule has 0 bridgehead atoms. The second kappa shape index (κ2) is 3.54. The third-order valence-electron chi connectivity index (χ3n) is 2.71. The molecule has 1 N–H and O–H groups in total. The van der Waals surface area contributed by atoms with Crippen molar-refractivity contribution in [1.29, 1.82) is 0 Å². The smallest absolute Gasteiger partial charge is 0.189 e. The lowest BCUT2D eigenvalue weighted by Gasteiger charge is -2.05. The summed E-state index contributed by atoms with van der Waals surface area (Å²) in [5, 5.41) is 0.817. The average molecular weight is 201 g/mol. The Bertz CT molecular complexity index is 566. The summed E-state index contributed by atoms with van der Waals surface area (Å²) in [5.41, 5.74) is 4.31. The summed E-state index contributed by atoms with van der Waals surface area (Å²) in [6.45, 7) is 6.07. The molecular formula is C13H15NO. The van der Waals surface area contributed by atoms with Gasteiger partial charge in [0.1, 0.15) is 0 Å². The van der Waals surface area contributed by atoms with Crippen LogP contribution in [0.5, 0.6) is 0 Å². The number of benzene rings is 1. The predicted octanol–water partition coefficient (Wildman–Crippen LogP) is 2.71. The van der Waals surface area contributed by atoms with E-state index >= 15 is 0 Å². The number of aryl methyl sites for hydroxylation is 3. The predicted molar refractivity (Wildman–Crippen MR) is 63.4 cm³/mol. The van der Waals surface area contributed by atoms with E-state index < -0.39 is 0 Å². The lowest BCUT2D eigenvalue weighted by atomic mass is 10.1. The number of pyridine rings is 1. The Kier molecular flexibility index (Phi) is 2.35. The van der Waals surface area contributed by atoms with E-state index in [1.807, 2.05) is 32.9 Å². The first-order valence-electron chi connectivity index (χ1n) is 5.25. The quantitative estimate of drug-likeness (QED) is 0.756. The van der Waals surface area contributed by atoms with Crippen LogP contribution < -0.4 is 5.43 Å². The number of nitrogens with one attached hydrogen (secondary N) is 1. The van der Waals surface area contributed by atoms with Gasteiger partial charge in [-0.2, -0.15) is 0 Å². The largest absolute Gasteiger partial charge is 0.358 e. The zero-order valence-electron chi connectivity index (χ0n) is 9.35. The molecule has 0 aliphatic carbocycles. The van der Waals surface area contributed by atoms with Crippen molar-refractivity contribution in [1.82, 2.24) is 4.98 Å².